The van der Waals surface area contributed by atoms with Gasteiger partial charge in [-0.05, 0) is 44.0 Å². The van der Waals surface area contributed by atoms with Gasteiger partial charge in [0.25, 0.3) is 5.91 Å². The molecular formula is C21H26N2O5S. The highest BCUT2D eigenvalue weighted by Crippen LogP contribution is 2.13. The van der Waals surface area contributed by atoms with Crippen molar-refractivity contribution in [3.63, 3.8) is 0 Å². The minimum absolute atomic E-state index is 0.0307. The second-order valence-electron chi connectivity index (χ2n) is 6.68. The van der Waals surface area contributed by atoms with Gasteiger partial charge in [-0.1, -0.05) is 42.8 Å². The van der Waals surface area contributed by atoms with E-state index in [1.54, 1.807) is 0 Å². The van der Waals surface area contributed by atoms with E-state index in [1.165, 1.54) is 31.2 Å². The molecule has 0 unspecified atom stereocenters. The van der Waals surface area contributed by atoms with Gasteiger partial charge in [0, 0.05) is 13.1 Å². The van der Waals surface area contributed by atoms with Gasteiger partial charge in [0.1, 0.15) is 0 Å². The van der Waals surface area contributed by atoms with E-state index in [2.05, 4.69) is 10.0 Å². The number of aryl methyl sites for hydroxylation is 1. The number of benzene rings is 2. The number of esters is 1. The summed E-state index contributed by atoms with van der Waals surface area (Å²) in [6.07, 6.45) is -0.373. The van der Waals surface area contributed by atoms with Crippen LogP contribution >= 0.6 is 0 Å². The fourth-order valence-electron chi connectivity index (χ4n) is 2.43. The third kappa shape index (κ3) is 6.69. The summed E-state index contributed by atoms with van der Waals surface area (Å²) in [6.45, 7) is 5.91. The van der Waals surface area contributed by atoms with Gasteiger partial charge in [-0.3, -0.25) is 4.79 Å². The zero-order chi connectivity index (χ0) is 21.4. The first-order chi connectivity index (χ1) is 13.7. The van der Waals surface area contributed by atoms with Crippen molar-refractivity contribution in [1.29, 1.82) is 0 Å². The standard InChI is InChI=1S/C21H26N2O5S/c1-4-12-23-29(26,27)19-7-5-6-18(13-19)21(25)28-16(3)20(24)22-14-17-10-8-15(2)9-11-17/h5-11,13,16,23H,4,12,14H2,1-3H3,(H,22,24)/t16-/m0/s1. The number of sulfonamides is 1. The minimum Gasteiger partial charge on any atom is -0.449 e. The Balaban J connectivity index is 1.97. The summed E-state index contributed by atoms with van der Waals surface area (Å²) in [5, 5.41) is 2.71. The van der Waals surface area contributed by atoms with Gasteiger partial charge < -0.3 is 10.1 Å². The Morgan fingerprint density at radius 1 is 1.10 bits per heavy atom. The first kappa shape index (κ1) is 22.6. The lowest BCUT2D eigenvalue weighted by molar-refractivity contribution is -0.129. The molecule has 29 heavy (non-hydrogen) atoms. The molecule has 0 aliphatic heterocycles. The Hall–Kier alpha value is -2.71. The van der Waals surface area contributed by atoms with Crippen molar-refractivity contribution in [3.05, 3.63) is 65.2 Å². The average molecular weight is 419 g/mol. The van der Waals surface area contributed by atoms with Gasteiger partial charge in [-0.2, -0.15) is 0 Å². The lowest BCUT2D eigenvalue weighted by atomic mass is 10.1. The van der Waals surface area contributed by atoms with Crippen molar-refractivity contribution in [1.82, 2.24) is 10.0 Å². The summed E-state index contributed by atoms with van der Waals surface area (Å²) in [4.78, 5) is 24.5. The molecule has 0 bridgehead atoms. The molecule has 0 heterocycles. The molecule has 156 valence electrons. The molecule has 2 N–H and O–H groups in total. The fraction of sp³-hybridized carbons (Fsp3) is 0.333. The maximum Gasteiger partial charge on any atom is 0.338 e. The van der Waals surface area contributed by atoms with E-state index in [4.69, 9.17) is 4.74 Å². The van der Waals surface area contributed by atoms with Crippen molar-refractivity contribution >= 4 is 21.9 Å². The highest BCUT2D eigenvalue weighted by molar-refractivity contribution is 7.89. The number of carbonyl (C=O) groups is 2. The summed E-state index contributed by atoms with van der Waals surface area (Å²) in [5.41, 5.74) is 2.11. The first-order valence-corrected chi connectivity index (χ1v) is 10.8. The molecule has 0 saturated heterocycles. The number of ether oxygens (including phenoxy) is 1. The van der Waals surface area contributed by atoms with Crippen LogP contribution in [0.4, 0.5) is 0 Å². The molecule has 0 fully saturated rings. The molecular weight excluding hydrogens is 392 g/mol. The van der Waals surface area contributed by atoms with Crippen LogP contribution in [0.2, 0.25) is 0 Å². The third-order valence-electron chi connectivity index (χ3n) is 4.16. The Morgan fingerprint density at radius 2 is 1.79 bits per heavy atom. The first-order valence-electron chi connectivity index (χ1n) is 9.37. The van der Waals surface area contributed by atoms with Crippen LogP contribution in [0.25, 0.3) is 0 Å². The molecule has 0 aromatic heterocycles. The van der Waals surface area contributed by atoms with Crippen LogP contribution in [0.1, 0.15) is 41.8 Å². The Labute approximate surface area is 171 Å². The molecule has 2 aromatic carbocycles. The van der Waals surface area contributed by atoms with E-state index >= 15 is 0 Å². The van der Waals surface area contributed by atoms with E-state index < -0.39 is 28.0 Å². The highest BCUT2D eigenvalue weighted by atomic mass is 32.2. The van der Waals surface area contributed by atoms with Gasteiger partial charge in [0.15, 0.2) is 6.10 Å². The van der Waals surface area contributed by atoms with Crippen molar-refractivity contribution in [3.8, 4) is 0 Å². The summed E-state index contributed by atoms with van der Waals surface area (Å²) < 4.78 is 32.0. The zero-order valence-corrected chi connectivity index (χ0v) is 17.6. The van der Waals surface area contributed by atoms with Gasteiger partial charge in [-0.15, -0.1) is 0 Å². The van der Waals surface area contributed by atoms with Gasteiger partial charge >= 0.3 is 5.97 Å². The predicted octanol–water partition coefficient (Wildman–Crippen LogP) is 2.55. The Morgan fingerprint density at radius 3 is 2.45 bits per heavy atom. The largest absolute Gasteiger partial charge is 0.449 e. The molecule has 0 spiro atoms. The van der Waals surface area contributed by atoms with Gasteiger partial charge in [0.05, 0.1) is 10.5 Å². The van der Waals surface area contributed by atoms with Crippen LogP contribution < -0.4 is 10.0 Å². The SMILES string of the molecule is CCCNS(=O)(=O)c1cccc(C(=O)O[C@@H](C)C(=O)NCc2ccc(C)cc2)c1. The quantitative estimate of drug-likeness (QED) is 0.610. The average Bonchev–Trinajstić information content (AvgIpc) is 2.71. The van der Waals surface area contributed by atoms with Crippen LogP contribution in [-0.2, 0) is 26.1 Å². The summed E-state index contributed by atoms with van der Waals surface area (Å²) in [6, 6.07) is 13.2. The van der Waals surface area contributed by atoms with Crippen molar-refractivity contribution in [2.45, 2.75) is 44.7 Å². The number of hydrogen-bond acceptors (Lipinski definition) is 5. The summed E-state index contributed by atoms with van der Waals surface area (Å²) in [5.74, 6) is -1.21. The van der Waals surface area contributed by atoms with Crippen molar-refractivity contribution in [2.24, 2.45) is 0 Å². The molecule has 0 aliphatic rings. The van der Waals surface area contributed by atoms with Gasteiger partial charge in [-0.25, -0.2) is 17.9 Å². The van der Waals surface area contributed by atoms with E-state index in [0.717, 1.165) is 11.1 Å². The van der Waals surface area contributed by atoms with Crippen LogP contribution in [0, 0.1) is 6.92 Å². The van der Waals surface area contributed by atoms with E-state index in [-0.39, 0.29) is 10.5 Å². The van der Waals surface area contributed by atoms with Crippen LogP contribution in [0.3, 0.4) is 0 Å². The molecule has 1 amide bonds. The van der Waals surface area contributed by atoms with E-state index in [0.29, 0.717) is 19.5 Å². The summed E-state index contributed by atoms with van der Waals surface area (Å²) in [7, 11) is -3.70. The van der Waals surface area contributed by atoms with Crippen molar-refractivity contribution in [2.75, 3.05) is 6.54 Å². The smallest absolute Gasteiger partial charge is 0.338 e. The van der Waals surface area contributed by atoms with E-state index in [9.17, 15) is 18.0 Å². The second-order valence-corrected chi connectivity index (χ2v) is 8.44. The molecule has 0 saturated carbocycles. The summed E-state index contributed by atoms with van der Waals surface area (Å²) >= 11 is 0. The second kappa shape index (κ2) is 10.2. The molecule has 2 aromatic rings. The zero-order valence-electron chi connectivity index (χ0n) is 16.8. The topological polar surface area (TPSA) is 102 Å². The molecule has 0 radical (unpaired) electrons. The normalized spacial score (nSPS) is 12.2. The van der Waals surface area contributed by atoms with Crippen LogP contribution in [0.5, 0.6) is 0 Å². The lowest BCUT2D eigenvalue weighted by Gasteiger charge is -2.14. The number of carbonyl (C=O) groups excluding carboxylic acids is 2. The maximum absolute atomic E-state index is 12.3. The fourth-order valence-corrected chi connectivity index (χ4v) is 3.61. The molecule has 2 rings (SSSR count). The maximum atomic E-state index is 12.3. The van der Waals surface area contributed by atoms with E-state index in [1.807, 2.05) is 38.1 Å². The molecule has 0 aliphatic carbocycles. The minimum atomic E-state index is -3.70. The molecule has 1 atom stereocenters. The highest BCUT2D eigenvalue weighted by Gasteiger charge is 2.21. The number of amides is 1. The lowest BCUT2D eigenvalue weighted by Crippen LogP contribution is -2.35. The third-order valence-corrected chi connectivity index (χ3v) is 5.62. The van der Waals surface area contributed by atoms with Crippen LogP contribution in [-0.4, -0.2) is 32.9 Å². The Bertz CT molecular complexity index is 955. The van der Waals surface area contributed by atoms with Crippen LogP contribution in [0.15, 0.2) is 53.4 Å². The number of nitrogens with one attached hydrogen (secondary N) is 2. The monoisotopic (exact) mass is 418 g/mol. The number of rotatable bonds is 9. The van der Waals surface area contributed by atoms with Crippen molar-refractivity contribution < 1.29 is 22.7 Å². The predicted molar refractivity (Wildman–Crippen MR) is 110 cm³/mol. The van der Waals surface area contributed by atoms with Gasteiger partial charge in [0.2, 0.25) is 10.0 Å². The molecule has 7 nitrogen and oxygen atoms in total. The molecule has 8 heteroatoms. The Kier molecular flexibility index (Phi) is 7.92. The number of hydrogen-bond donors (Lipinski definition) is 2.